The highest BCUT2D eigenvalue weighted by molar-refractivity contribution is 5.84. The standard InChI is InChI=1S/C19H22N2O6/c22-17(12-9-13(10-12)19(24)25)20-5-7-21(8-6-20)18(23)16-11-26-14-3-1-2-4-15(14)27-16/h1-4,12-13,16H,5-11H2,(H,24,25). The number of carbonyl (C=O) groups is 3. The van der Waals surface area contributed by atoms with Gasteiger partial charge in [0, 0.05) is 32.1 Å². The first-order valence-corrected chi connectivity index (χ1v) is 9.22. The molecule has 27 heavy (non-hydrogen) atoms. The van der Waals surface area contributed by atoms with Crippen molar-refractivity contribution < 1.29 is 29.0 Å². The Morgan fingerprint density at radius 3 is 2.11 bits per heavy atom. The average Bonchev–Trinajstić information content (AvgIpc) is 2.65. The molecule has 0 spiro atoms. The Labute approximate surface area is 156 Å². The highest BCUT2D eigenvalue weighted by Gasteiger charge is 2.41. The van der Waals surface area contributed by atoms with Gasteiger partial charge in [-0.3, -0.25) is 14.4 Å². The highest BCUT2D eigenvalue weighted by atomic mass is 16.6. The lowest BCUT2D eigenvalue weighted by Gasteiger charge is -2.40. The minimum absolute atomic E-state index is 0.00535. The van der Waals surface area contributed by atoms with Gasteiger partial charge in [-0.25, -0.2) is 0 Å². The van der Waals surface area contributed by atoms with E-state index >= 15 is 0 Å². The number of hydrogen-bond donors (Lipinski definition) is 1. The van der Waals surface area contributed by atoms with Crippen LogP contribution in [0.3, 0.4) is 0 Å². The van der Waals surface area contributed by atoms with Crippen molar-refractivity contribution in [3.63, 3.8) is 0 Å². The molecule has 4 rings (SSSR count). The molecular formula is C19H22N2O6. The van der Waals surface area contributed by atoms with Gasteiger partial charge in [-0.15, -0.1) is 0 Å². The fourth-order valence-electron chi connectivity index (χ4n) is 3.77. The first-order valence-electron chi connectivity index (χ1n) is 9.22. The third-order valence-electron chi connectivity index (χ3n) is 5.52. The van der Waals surface area contributed by atoms with Crippen LogP contribution in [0.4, 0.5) is 0 Å². The number of para-hydroxylation sites is 2. The lowest BCUT2D eigenvalue weighted by molar-refractivity contribution is -0.154. The average molecular weight is 374 g/mol. The molecule has 2 fully saturated rings. The Morgan fingerprint density at radius 1 is 0.889 bits per heavy atom. The maximum absolute atomic E-state index is 12.7. The molecule has 2 aliphatic heterocycles. The number of carboxylic acid groups (broad SMARTS) is 1. The Balaban J connectivity index is 1.28. The van der Waals surface area contributed by atoms with Gasteiger partial charge in [0.05, 0.1) is 5.92 Å². The van der Waals surface area contributed by atoms with Crippen molar-refractivity contribution in [2.75, 3.05) is 32.8 Å². The second kappa shape index (κ2) is 7.09. The van der Waals surface area contributed by atoms with E-state index in [1.165, 1.54) is 0 Å². The number of fused-ring (bicyclic) bond motifs is 1. The lowest BCUT2D eigenvalue weighted by Crippen LogP contribution is -2.56. The van der Waals surface area contributed by atoms with Crippen molar-refractivity contribution in [3.8, 4) is 11.5 Å². The Hall–Kier alpha value is -2.77. The monoisotopic (exact) mass is 374 g/mol. The highest BCUT2D eigenvalue weighted by Crippen LogP contribution is 2.35. The van der Waals surface area contributed by atoms with Gasteiger partial charge in [-0.2, -0.15) is 0 Å². The molecule has 8 nitrogen and oxygen atoms in total. The summed E-state index contributed by atoms with van der Waals surface area (Å²) < 4.78 is 11.4. The SMILES string of the molecule is O=C(O)C1CC(C(=O)N2CCN(C(=O)C3COc4ccccc4O3)CC2)C1. The Bertz CT molecular complexity index is 752. The quantitative estimate of drug-likeness (QED) is 0.833. The molecule has 1 atom stereocenters. The van der Waals surface area contributed by atoms with Crippen molar-refractivity contribution in [1.29, 1.82) is 0 Å². The molecule has 1 saturated carbocycles. The van der Waals surface area contributed by atoms with Crippen LogP contribution in [0.25, 0.3) is 0 Å². The van der Waals surface area contributed by atoms with Gasteiger partial charge in [0.1, 0.15) is 6.61 Å². The number of nitrogens with zero attached hydrogens (tertiary/aromatic N) is 2. The zero-order valence-electron chi connectivity index (χ0n) is 14.9. The van der Waals surface area contributed by atoms with Gasteiger partial charge >= 0.3 is 5.97 Å². The summed E-state index contributed by atoms with van der Waals surface area (Å²) in [6.45, 7) is 1.99. The molecule has 0 radical (unpaired) electrons. The van der Waals surface area contributed by atoms with E-state index in [0.717, 1.165) is 0 Å². The molecule has 1 unspecified atom stereocenters. The maximum atomic E-state index is 12.7. The molecule has 144 valence electrons. The summed E-state index contributed by atoms with van der Waals surface area (Å²) in [6.07, 6.45) is 0.157. The fourth-order valence-corrected chi connectivity index (χ4v) is 3.77. The first kappa shape index (κ1) is 17.6. The van der Waals surface area contributed by atoms with E-state index in [-0.39, 0.29) is 24.3 Å². The zero-order valence-corrected chi connectivity index (χ0v) is 14.9. The van der Waals surface area contributed by atoms with E-state index in [1.807, 2.05) is 12.1 Å². The van der Waals surface area contributed by atoms with Gasteiger partial charge in [0.15, 0.2) is 11.5 Å². The minimum atomic E-state index is -0.828. The summed E-state index contributed by atoms with van der Waals surface area (Å²) in [5.41, 5.74) is 0. The number of carboxylic acids is 1. The Morgan fingerprint density at radius 2 is 1.48 bits per heavy atom. The van der Waals surface area contributed by atoms with Crippen LogP contribution in [0.1, 0.15) is 12.8 Å². The van der Waals surface area contributed by atoms with Gasteiger partial charge in [-0.1, -0.05) is 12.1 Å². The number of amides is 2. The summed E-state index contributed by atoms with van der Waals surface area (Å²) in [7, 11) is 0. The second-order valence-electron chi connectivity index (χ2n) is 7.22. The van der Waals surface area contributed by atoms with Crippen LogP contribution < -0.4 is 9.47 Å². The number of aliphatic carboxylic acids is 1. The van der Waals surface area contributed by atoms with Crippen molar-refractivity contribution in [1.82, 2.24) is 9.80 Å². The van der Waals surface area contributed by atoms with Gasteiger partial charge in [0.2, 0.25) is 12.0 Å². The van der Waals surface area contributed by atoms with Crippen molar-refractivity contribution in [3.05, 3.63) is 24.3 Å². The second-order valence-corrected chi connectivity index (χ2v) is 7.22. The van der Waals surface area contributed by atoms with Crippen LogP contribution in [0.2, 0.25) is 0 Å². The number of ether oxygens (including phenoxy) is 2. The number of rotatable bonds is 3. The van der Waals surface area contributed by atoms with Crippen LogP contribution in [-0.4, -0.2) is 71.6 Å². The molecule has 2 heterocycles. The first-order chi connectivity index (χ1) is 13.0. The fraction of sp³-hybridized carbons (Fsp3) is 0.526. The van der Waals surface area contributed by atoms with Crippen LogP contribution in [-0.2, 0) is 14.4 Å². The molecule has 3 aliphatic rings. The van der Waals surface area contributed by atoms with Crippen LogP contribution >= 0.6 is 0 Å². The number of benzene rings is 1. The normalized spacial score (nSPS) is 26.9. The topological polar surface area (TPSA) is 96.4 Å². The molecule has 0 bridgehead atoms. The molecule has 1 saturated heterocycles. The van der Waals surface area contributed by atoms with Crippen LogP contribution in [0.15, 0.2) is 24.3 Å². The van der Waals surface area contributed by atoms with E-state index in [1.54, 1.807) is 21.9 Å². The van der Waals surface area contributed by atoms with Crippen molar-refractivity contribution in [2.24, 2.45) is 11.8 Å². The molecule has 1 aromatic rings. The van der Waals surface area contributed by atoms with Crippen molar-refractivity contribution in [2.45, 2.75) is 18.9 Å². The predicted molar refractivity (Wildman–Crippen MR) is 93.4 cm³/mol. The molecule has 0 aromatic heterocycles. The van der Waals surface area contributed by atoms with Crippen LogP contribution in [0.5, 0.6) is 11.5 Å². The van der Waals surface area contributed by atoms with Gasteiger partial charge < -0.3 is 24.4 Å². The smallest absolute Gasteiger partial charge is 0.306 e. The number of hydrogen-bond acceptors (Lipinski definition) is 5. The third-order valence-corrected chi connectivity index (χ3v) is 5.52. The summed E-state index contributed by atoms with van der Waals surface area (Å²) >= 11 is 0. The van der Waals surface area contributed by atoms with E-state index in [2.05, 4.69) is 0 Å². The largest absolute Gasteiger partial charge is 0.485 e. The third kappa shape index (κ3) is 3.43. The van der Waals surface area contributed by atoms with Gasteiger partial charge in [-0.05, 0) is 25.0 Å². The summed E-state index contributed by atoms with van der Waals surface area (Å²) in [5, 5.41) is 8.93. The number of piperazine rings is 1. The van der Waals surface area contributed by atoms with E-state index < -0.39 is 18.0 Å². The molecule has 1 aromatic carbocycles. The maximum Gasteiger partial charge on any atom is 0.306 e. The summed E-state index contributed by atoms with van der Waals surface area (Å²) in [4.78, 5) is 39.5. The van der Waals surface area contributed by atoms with Gasteiger partial charge in [0.25, 0.3) is 5.91 Å². The summed E-state index contributed by atoms with van der Waals surface area (Å²) in [6, 6.07) is 7.25. The zero-order chi connectivity index (χ0) is 19.0. The molecular weight excluding hydrogens is 352 g/mol. The molecule has 1 N–H and O–H groups in total. The Kier molecular flexibility index (Phi) is 4.63. The van der Waals surface area contributed by atoms with Crippen LogP contribution in [0, 0.1) is 11.8 Å². The lowest BCUT2D eigenvalue weighted by atomic mass is 9.74. The number of carbonyl (C=O) groups excluding carboxylic acids is 2. The molecule has 8 heteroatoms. The predicted octanol–water partition coefficient (Wildman–Crippen LogP) is 0.608. The van der Waals surface area contributed by atoms with E-state index in [0.29, 0.717) is 50.5 Å². The minimum Gasteiger partial charge on any atom is -0.485 e. The molecule has 1 aliphatic carbocycles. The van der Waals surface area contributed by atoms with E-state index in [9.17, 15) is 14.4 Å². The summed E-state index contributed by atoms with van der Waals surface area (Å²) in [5.74, 6) is -0.346. The van der Waals surface area contributed by atoms with E-state index in [4.69, 9.17) is 14.6 Å². The van der Waals surface area contributed by atoms with Crippen molar-refractivity contribution >= 4 is 17.8 Å². The molecule has 2 amide bonds.